The van der Waals surface area contributed by atoms with Gasteiger partial charge in [-0.3, -0.25) is 9.10 Å². The molecule has 0 unspecified atom stereocenters. The van der Waals surface area contributed by atoms with Crippen molar-refractivity contribution in [3.63, 3.8) is 0 Å². The van der Waals surface area contributed by atoms with Gasteiger partial charge in [-0.2, -0.15) is 0 Å². The molecule has 0 aliphatic rings. The molecule has 3 aromatic carbocycles. The van der Waals surface area contributed by atoms with Crippen LogP contribution in [-0.2, 0) is 26.7 Å². The van der Waals surface area contributed by atoms with Crippen LogP contribution in [-0.4, -0.2) is 34.0 Å². The average Bonchev–Trinajstić information content (AvgIpc) is 2.85. The number of hydrogen-bond donors (Lipinski definition) is 1. The first kappa shape index (κ1) is 27.3. The predicted octanol–water partition coefficient (Wildman–Crippen LogP) is 5.25. The van der Waals surface area contributed by atoms with Crippen LogP contribution in [0.25, 0.3) is 0 Å². The van der Waals surface area contributed by atoms with Gasteiger partial charge in [-0.05, 0) is 60.2 Å². The fourth-order valence-electron chi connectivity index (χ4n) is 3.79. The van der Waals surface area contributed by atoms with Crippen LogP contribution in [0.5, 0.6) is 5.75 Å². The van der Waals surface area contributed by atoms with Crippen molar-refractivity contribution < 1.29 is 17.9 Å². The number of benzene rings is 3. The Morgan fingerprint density at radius 1 is 0.944 bits per heavy atom. The van der Waals surface area contributed by atoms with Crippen molar-refractivity contribution in [1.29, 1.82) is 0 Å². The number of carbonyl (C=O) groups is 1. The molecule has 36 heavy (non-hydrogen) atoms. The van der Waals surface area contributed by atoms with Gasteiger partial charge in [0.05, 0.1) is 17.1 Å². The number of hydrogen-bond acceptors (Lipinski definition) is 4. The molecular weight excluding hydrogens is 472 g/mol. The van der Waals surface area contributed by atoms with Crippen LogP contribution in [0.1, 0.15) is 44.4 Å². The normalized spacial score (nSPS) is 11.7. The first-order valence-electron chi connectivity index (χ1n) is 12.2. The second-order valence-electron chi connectivity index (χ2n) is 9.78. The topological polar surface area (TPSA) is 75.7 Å². The lowest BCUT2D eigenvalue weighted by Gasteiger charge is -2.26. The van der Waals surface area contributed by atoms with Crippen molar-refractivity contribution in [3.05, 3.63) is 89.5 Å². The Bertz CT molecular complexity index is 1260. The molecule has 0 aromatic heterocycles. The Morgan fingerprint density at radius 2 is 1.58 bits per heavy atom. The number of carbonyl (C=O) groups excluding carboxylic acids is 1. The Kier molecular flexibility index (Phi) is 8.79. The van der Waals surface area contributed by atoms with Gasteiger partial charge in [0.25, 0.3) is 10.0 Å². The van der Waals surface area contributed by atoms with Gasteiger partial charge < -0.3 is 10.1 Å². The van der Waals surface area contributed by atoms with Crippen LogP contribution in [0.15, 0.2) is 77.7 Å². The maximum Gasteiger partial charge on any atom is 0.264 e. The highest BCUT2D eigenvalue weighted by Gasteiger charge is 2.28. The minimum absolute atomic E-state index is 0.0632. The van der Waals surface area contributed by atoms with Crippen LogP contribution in [0.4, 0.5) is 5.69 Å². The minimum atomic E-state index is -3.95. The fourth-order valence-corrected chi connectivity index (χ4v) is 5.25. The summed E-state index contributed by atoms with van der Waals surface area (Å²) >= 11 is 0. The second kappa shape index (κ2) is 11.6. The van der Waals surface area contributed by atoms with Crippen molar-refractivity contribution in [1.82, 2.24) is 5.32 Å². The van der Waals surface area contributed by atoms with E-state index in [1.807, 2.05) is 50.2 Å². The summed E-state index contributed by atoms with van der Waals surface area (Å²) in [5.74, 6) is 0.320. The minimum Gasteiger partial charge on any atom is -0.492 e. The molecule has 0 spiro atoms. The molecule has 1 N–H and O–H groups in total. The van der Waals surface area contributed by atoms with Crippen LogP contribution < -0.4 is 14.4 Å². The Labute approximate surface area is 215 Å². The molecule has 3 rings (SSSR count). The maximum absolute atomic E-state index is 13.6. The smallest absolute Gasteiger partial charge is 0.264 e. The molecule has 0 atom stereocenters. The number of ether oxygens (including phenoxy) is 1. The van der Waals surface area contributed by atoms with Crippen molar-refractivity contribution in [2.24, 2.45) is 0 Å². The Hall–Kier alpha value is -3.32. The van der Waals surface area contributed by atoms with Crippen molar-refractivity contribution >= 4 is 21.6 Å². The second-order valence-corrected chi connectivity index (χ2v) is 11.6. The lowest BCUT2D eigenvalue weighted by atomic mass is 9.87. The molecule has 0 radical (unpaired) electrons. The van der Waals surface area contributed by atoms with Crippen LogP contribution in [0.3, 0.4) is 0 Å². The van der Waals surface area contributed by atoms with E-state index in [0.717, 1.165) is 16.9 Å². The highest BCUT2D eigenvalue weighted by Crippen LogP contribution is 2.28. The quantitative estimate of drug-likeness (QED) is 0.380. The van der Waals surface area contributed by atoms with Gasteiger partial charge in [-0.15, -0.1) is 0 Å². The number of nitrogens with one attached hydrogen (secondary N) is 1. The van der Waals surface area contributed by atoms with Crippen LogP contribution in [0, 0.1) is 6.92 Å². The summed E-state index contributed by atoms with van der Waals surface area (Å²) in [4.78, 5) is 13.0. The van der Waals surface area contributed by atoms with E-state index in [1.165, 1.54) is 9.87 Å². The van der Waals surface area contributed by atoms with E-state index in [-0.39, 0.29) is 30.0 Å². The Morgan fingerprint density at radius 3 is 2.19 bits per heavy atom. The number of amides is 1. The summed E-state index contributed by atoms with van der Waals surface area (Å²) in [6.07, 6.45) is 0.638. The van der Waals surface area contributed by atoms with Crippen molar-refractivity contribution in [2.75, 3.05) is 24.0 Å². The van der Waals surface area contributed by atoms with E-state index in [2.05, 4.69) is 26.1 Å². The zero-order valence-corrected chi connectivity index (χ0v) is 22.6. The van der Waals surface area contributed by atoms with Gasteiger partial charge in [0.1, 0.15) is 18.9 Å². The molecule has 3 aromatic rings. The first-order valence-corrected chi connectivity index (χ1v) is 13.6. The third-order valence-corrected chi connectivity index (χ3v) is 7.72. The molecule has 1 amide bonds. The van der Waals surface area contributed by atoms with E-state index in [1.54, 1.807) is 36.4 Å². The molecule has 0 heterocycles. The number of anilines is 1. The van der Waals surface area contributed by atoms with E-state index in [0.29, 0.717) is 12.1 Å². The molecule has 0 bridgehead atoms. The third kappa shape index (κ3) is 6.88. The van der Waals surface area contributed by atoms with E-state index >= 15 is 0 Å². The highest BCUT2D eigenvalue weighted by molar-refractivity contribution is 7.92. The van der Waals surface area contributed by atoms with Gasteiger partial charge in [0.2, 0.25) is 5.91 Å². The zero-order chi connectivity index (χ0) is 26.3. The predicted molar refractivity (Wildman–Crippen MR) is 145 cm³/mol. The number of aryl methyl sites for hydroxylation is 2. The summed E-state index contributed by atoms with van der Waals surface area (Å²) in [5, 5.41) is 2.79. The number of rotatable bonds is 10. The van der Waals surface area contributed by atoms with Crippen LogP contribution in [0.2, 0.25) is 0 Å². The number of nitrogens with zero attached hydrogens (tertiary/aromatic N) is 1. The standard InChI is InChI=1S/C29H36N2O4S/c1-6-23-9-7-8-10-27(23)31(36(33,34)26-17-11-22(2)12-18-26)21-28(32)30-19-20-35-25-15-13-24(14-16-25)29(3,4)5/h7-18H,6,19-21H2,1-5H3,(H,30,32). The molecule has 0 saturated carbocycles. The van der Waals surface area contributed by atoms with Crippen molar-refractivity contribution in [2.45, 2.75) is 51.3 Å². The molecular formula is C29H36N2O4S. The summed E-state index contributed by atoms with van der Waals surface area (Å²) in [6.45, 7) is 10.5. The maximum atomic E-state index is 13.6. The molecule has 0 saturated heterocycles. The summed E-state index contributed by atoms with van der Waals surface area (Å²) < 4.78 is 34.1. The van der Waals surface area contributed by atoms with Gasteiger partial charge in [0, 0.05) is 0 Å². The number of sulfonamides is 1. The fraction of sp³-hybridized carbons (Fsp3) is 0.345. The lowest BCUT2D eigenvalue weighted by molar-refractivity contribution is -0.119. The third-order valence-electron chi connectivity index (χ3n) is 5.95. The molecule has 0 aliphatic carbocycles. The van der Waals surface area contributed by atoms with Gasteiger partial charge in [0.15, 0.2) is 0 Å². The van der Waals surface area contributed by atoms with E-state index in [4.69, 9.17) is 4.74 Å². The van der Waals surface area contributed by atoms with E-state index < -0.39 is 15.9 Å². The van der Waals surface area contributed by atoms with Crippen LogP contribution >= 0.6 is 0 Å². The van der Waals surface area contributed by atoms with Crippen molar-refractivity contribution in [3.8, 4) is 5.75 Å². The molecule has 6 nitrogen and oxygen atoms in total. The highest BCUT2D eigenvalue weighted by atomic mass is 32.2. The number of para-hydroxylation sites is 1. The lowest BCUT2D eigenvalue weighted by Crippen LogP contribution is -2.42. The molecule has 0 fully saturated rings. The molecule has 0 aliphatic heterocycles. The van der Waals surface area contributed by atoms with Gasteiger partial charge in [-0.25, -0.2) is 8.42 Å². The molecule has 192 valence electrons. The summed E-state index contributed by atoms with van der Waals surface area (Å²) in [5.41, 5.74) is 3.59. The average molecular weight is 509 g/mol. The largest absolute Gasteiger partial charge is 0.492 e. The Balaban J connectivity index is 1.69. The summed E-state index contributed by atoms with van der Waals surface area (Å²) in [6, 6.07) is 21.8. The molecule has 7 heteroatoms. The zero-order valence-electron chi connectivity index (χ0n) is 21.7. The van der Waals surface area contributed by atoms with E-state index in [9.17, 15) is 13.2 Å². The SMILES string of the molecule is CCc1ccccc1N(CC(=O)NCCOc1ccc(C(C)(C)C)cc1)S(=O)(=O)c1ccc(C)cc1. The first-order chi connectivity index (χ1) is 17.0. The summed E-state index contributed by atoms with van der Waals surface area (Å²) in [7, 11) is -3.95. The monoisotopic (exact) mass is 508 g/mol. The van der Waals surface area contributed by atoms with Gasteiger partial charge in [-0.1, -0.05) is 75.7 Å². The van der Waals surface area contributed by atoms with Gasteiger partial charge >= 0.3 is 0 Å².